The number of sulfonamides is 1. The van der Waals surface area contributed by atoms with Crippen LogP contribution in [0, 0.1) is 30.6 Å². The summed E-state index contributed by atoms with van der Waals surface area (Å²) in [5, 5.41) is 3.77. The number of rotatable bonds is 4. The topological polar surface area (TPSA) is 66.5 Å². The zero-order chi connectivity index (χ0) is 21.0. The molecule has 7 heteroatoms. The molecule has 1 heterocycles. The Morgan fingerprint density at radius 1 is 1.07 bits per heavy atom. The molecule has 0 aromatic heterocycles. The second-order valence-electron chi connectivity index (χ2n) is 9.96. The summed E-state index contributed by atoms with van der Waals surface area (Å²) in [5.41, 5.74) is 0.546. The number of halogens is 1. The van der Waals surface area contributed by atoms with Crippen molar-refractivity contribution in [2.24, 2.45) is 23.7 Å². The van der Waals surface area contributed by atoms with E-state index in [-0.39, 0.29) is 16.8 Å². The number of carbonyl (C=O) groups is 1. The number of nitrogens with one attached hydrogen (secondary N) is 1. The number of benzene rings is 1. The van der Waals surface area contributed by atoms with Crippen molar-refractivity contribution in [2.75, 3.05) is 6.54 Å². The monoisotopic (exact) mass is 450 g/mol. The first-order valence-electron chi connectivity index (χ1n) is 11.4. The molecule has 1 N–H and O–H groups in total. The van der Waals surface area contributed by atoms with Gasteiger partial charge < -0.3 is 5.32 Å². The number of hydrogen-bond acceptors (Lipinski definition) is 3. The van der Waals surface area contributed by atoms with Crippen LogP contribution in [0.2, 0.25) is 5.02 Å². The van der Waals surface area contributed by atoms with E-state index in [0.29, 0.717) is 35.4 Å². The molecule has 5 aliphatic rings. The molecule has 1 amide bonds. The lowest BCUT2D eigenvalue weighted by Gasteiger charge is -2.54. The molecular formula is C23H31ClN2O3S. The van der Waals surface area contributed by atoms with Gasteiger partial charge in [-0.05, 0) is 93.2 Å². The molecule has 1 aromatic carbocycles. The van der Waals surface area contributed by atoms with Crippen LogP contribution in [0.4, 0.5) is 0 Å². The quantitative estimate of drug-likeness (QED) is 0.749. The maximum absolute atomic E-state index is 13.5. The summed E-state index contributed by atoms with van der Waals surface area (Å²) >= 11 is 6.19. The Labute approximate surface area is 184 Å². The van der Waals surface area contributed by atoms with Gasteiger partial charge in [0.1, 0.15) is 6.04 Å². The normalized spacial score (nSPS) is 36.1. The number of amides is 1. The predicted molar refractivity (Wildman–Crippen MR) is 117 cm³/mol. The Hall–Kier alpha value is -1.11. The SMILES string of the molecule is Cc1c(Cl)cccc1S(=O)(=O)N1CCCC[C@@H]1C(=O)NC1C2CC3CC(C2)CC1C3. The maximum atomic E-state index is 13.5. The van der Waals surface area contributed by atoms with E-state index in [9.17, 15) is 13.2 Å². The molecule has 4 aliphatic carbocycles. The van der Waals surface area contributed by atoms with Gasteiger partial charge in [0.25, 0.3) is 0 Å². The second kappa shape index (κ2) is 7.79. The minimum absolute atomic E-state index is 0.101. The van der Waals surface area contributed by atoms with Crippen molar-refractivity contribution in [3.63, 3.8) is 0 Å². The highest BCUT2D eigenvalue weighted by molar-refractivity contribution is 7.89. The highest BCUT2D eigenvalue weighted by atomic mass is 35.5. The van der Waals surface area contributed by atoms with Crippen LogP contribution >= 0.6 is 11.6 Å². The summed E-state index contributed by atoms with van der Waals surface area (Å²) in [6.07, 6.45) is 8.53. The molecule has 1 atom stereocenters. The fourth-order valence-corrected chi connectivity index (χ4v) is 9.01. The summed E-state index contributed by atoms with van der Waals surface area (Å²) in [6.45, 7) is 2.11. The zero-order valence-corrected chi connectivity index (χ0v) is 19.1. The average Bonchev–Trinajstić information content (AvgIpc) is 2.72. The Kier molecular flexibility index (Phi) is 5.39. The molecule has 4 saturated carbocycles. The minimum Gasteiger partial charge on any atom is -0.351 e. The molecule has 5 nitrogen and oxygen atoms in total. The van der Waals surface area contributed by atoms with Crippen molar-refractivity contribution >= 4 is 27.5 Å². The predicted octanol–water partition coefficient (Wildman–Crippen LogP) is 4.13. The number of carbonyl (C=O) groups excluding carboxylic acids is 1. The first-order valence-corrected chi connectivity index (χ1v) is 13.2. The number of piperidine rings is 1. The van der Waals surface area contributed by atoms with Crippen LogP contribution in [0.15, 0.2) is 23.1 Å². The van der Waals surface area contributed by atoms with Gasteiger partial charge in [-0.3, -0.25) is 4.79 Å². The highest BCUT2D eigenvalue weighted by Gasteiger charge is 2.49. The van der Waals surface area contributed by atoms with Crippen LogP contribution in [0.5, 0.6) is 0 Å². The van der Waals surface area contributed by atoms with E-state index >= 15 is 0 Å². The van der Waals surface area contributed by atoms with Crippen molar-refractivity contribution in [1.29, 1.82) is 0 Å². The lowest BCUT2D eigenvalue weighted by molar-refractivity contribution is -0.129. The third kappa shape index (κ3) is 3.49. The smallest absolute Gasteiger partial charge is 0.244 e. The zero-order valence-electron chi connectivity index (χ0n) is 17.5. The van der Waals surface area contributed by atoms with Gasteiger partial charge in [0.05, 0.1) is 4.90 Å². The fourth-order valence-electron chi connectivity index (χ4n) is 6.87. The summed E-state index contributed by atoms with van der Waals surface area (Å²) in [6, 6.07) is 4.56. The first-order chi connectivity index (χ1) is 14.3. The highest BCUT2D eigenvalue weighted by Crippen LogP contribution is 2.53. The van der Waals surface area contributed by atoms with Gasteiger partial charge in [0.2, 0.25) is 15.9 Å². The second-order valence-corrected chi connectivity index (χ2v) is 12.2. The van der Waals surface area contributed by atoms with E-state index in [2.05, 4.69) is 5.32 Å². The van der Waals surface area contributed by atoms with Crippen LogP contribution in [-0.2, 0) is 14.8 Å². The Balaban J connectivity index is 1.37. The molecule has 5 fully saturated rings. The van der Waals surface area contributed by atoms with Crippen LogP contribution in [0.25, 0.3) is 0 Å². The molecule has 1 saturated heterocycles. The largest absolute Gasteiger partial charge is 0.351 e. The van der Waals surface area contributed by atoms with Gasteiger partial charge in [0, 0.05) is 17.6 Å². The van der Waals surface area contributed by atoms with E-state index in [1.165, 1.54) is 36.4 Å². The third-order valence-electron chi connectivity index (χ3n) is 8.10. The van der Waals surface area contributed by atoms with Crippen molar-refractivity contribution in [1.82, 2.24) is 9.62 Å². The molecule has 164 valence electrons. The van der Waals surface area contributed by atoms with E-state index in [4.69, 9.17) is 11.6 Å². The lowest BCUT2D eigenvalue weighted by atomic mass is 9.54. The molecule has 1 aliphatic heterocycles. The minimum atomic E-state index is -3.78. The van der Waals surface area contributed by atoms with E-state index in [1.807, 2.05) is 0 Å². The molecule has 30 heavy (non-hydrogen) atoms. The Bertz CT molecular complexity index is 920. The van der Waals surface area contributed by atoms with Crippen LogP contribution in [0.3, 0.4) is 0 Å². The molecule has 0 unspecified atom stereocenters. The van der Waals surface area contributed by atoms with Gasteiger partial charge in [0.15, 0.2) is 0 Å². The summed E-state index contributed by atoms with van der Waals surface area (Å²) in [5.74, 6) is 2.74. The average molecular weight is 451 g/mol. The summed E-state index contributed by atoms with van der Waals surface area (Å²) in [4.78, 5) is 13.6. The Morgan fingerprint density at radius 3 is 2.40 bits per heavy atom. The van der Waals surface area contributed by atoms with E-state index in [0.717, 1.165) is 24.7 Å². The third-order valence-corrected chi connectivity index (χ3v) is 10.6. The number of nitrogens with zero attached hydrogens (tertiary/aromatic N) is 1. The first kappa shape index (κ1) is 20.8. The summed E-state index contributed by atoms with van der Waals surface area (Å²) < 4.78 is 28.4. The van der Waals surface area contributed by atoms with Crippen molar-refractivity contribution in [3.05, 3.63) is 28.8 Å². The fraction of sp³-hybridized carbons (Fsp3) is 0.696. The van der Waals surface area contributed by atoms with Crippen LogP contribution in [-0.4, -0.2) is 37.3 Å². The van der Waals surface area contributed by atoms with E-state index < -0.39 is 16.1 Å². The lowest BCUT2D eigenvalue weighted by Crippen LogP contribution is -2.60. The van der Waals surface area contributed by atoms with Gasteiger partial charge in [-0.25, -0.2) is 8.42 Å². The van der Waals surface area contributed by atoms with Gasteiger partial charge in [-0.15, -0.1) is 0 Å². The molecule has 1 aromatic rings. The van der Waals surface area contributed by atoms with Crippen molar-refractivity contribution in [2.45, 2.75) is 75.3 Å². The standard InChI is InChI=1S/C23H31ClN2O3S/c1-14-19(24)5-4-7-21(14)30(28,29)26-8-3-2-6-20(26)23(27)25-22-17-10-15-9-16(12-17)13-18(22)11-15/h4-5,7,15-18,20,22H,2-3,6,8-13H2,1H3,(H,25,27)/t15?,16?,17?,18?,20-,22?/m1/s1. The molecule has 4 bridgehead atoms. The molecular weight excluding hydrogens is 420 g/mol. The van der Waals surface area contributed by atoms with Crippen molar-refractivity contribution < 1.29 is 13.2 Å². The Morgan fingerprint density at radius 2 is 1.73 bits per heavy atom. The number of hydrogen-bond donors (Lipinski definition) is 1. The van der Waals surface area contributed by atoms with E-state index in [1.54, 1.807) is 25.1 Å². The van der Waals surface area contributed by atoms with Crippen molar-refractivity contribution in [3.8, 4) is 0 Å². The van der Waals surface area contributed by atoms with Crippen LogP contribution in [0.1, 0.15) is 56.9 Å². The van der Waals surface area contributed by atoms with Crippen LogP contribution < -0.4 is 5.32 Å². The van der Waals surface area contributed by atoms with Gasteiger partial charge in [-0.1, -0.05) is 24.1 Å². The maximum Gasteiger partial charge on any atom is 0.244 e. The van der Waals surface area contributed by atoms with Gasteiger partial charge in [-0.2, -0.15) is 4.31 Å². The molecule has 0 spiro atoms. The summed E-state index contributed by atoms with van der Waals surface area (Å²) in [7, 11) is -3.78. The molecule has 0 radical (unpaired) electrons. The van der Waals surface area contributed by atoms with Gasteiger partial charge >= 0.3 is 0 Å². The molecule has 6 rings (SSSR count).